The maximum Gasteiger partial charge on any atom is 0.0112 e. The molecule has 1 N–H and O–H groups in total. The molecule has 2 atom stereocenters. The summed E-state index contributed by atoms with van der Waals surface area (Å²) in [5, 5.41) is 5.75. The zero-order valence-corrected chi connectivity index (χ0v) is 12.5. The lowest BCUT2D eigenvalue weighted by Crippen LogP contribution is -2.32. The molecule has 1 saturated heterocycles. The van der Waals surface area contributed by atoms with Crippen molar-refractivity contribution in [2.75, 3.05) is 20.1 Å². The highest BCUT2D eigenvalue weighted by atomic mass is 32.1. The van der Waals surface area contributed by atoms with E-state index in [9.17, 15) is 0 Å². The molecule has 0 spiro atoms. The summed E-state index contributed by atoms with van der Waals surface area (Å²) in [6, 6.07) is 5.85. The Morgan fingerprint density at radius 1 is 1.56 bits per heavy atom. The maximum atomic E-state index is 3.58. The van der Waals surface area contributed by atoms with Gasteiger partial charge in [-0.1, -0.05) is 6.07 Å². The number of nitrogens with one attached hydrogen (secondary N) is 1. The number of likely N-dealkylation sites (N-methyl/N-ethyl adjacent to an activating group) is 1. The number of hydrogen-bond donors (Lipinski definition) is 1. The summed E-state index contributed by atoms with van der Waals surface area (Å²) in [6.07, 6.45) is 6.61. The van der Waals surface area contributed by atoms with Crippen LogP contribution in [0.2, 0.25) is 0 Å². The van der Waals surface area contributed by atoms with Crippen LogP contribution in [0.5, 0.6) is 0 Å². The fraction of sp³-hybridized carbons (Fsp3) is 0.733. The Morgan fingerprint density at radius 3 is 3.11 bits per heavy atom. The van der Waals surface area contributed by atoms with Crippen molar-refractivity contribution in [2.24, 2.45) is 0 Å². The average Bonchev–Trinajstić information content (AvgIpc) is 3.01. The van der Waals surface area contributed by atoms with Crippen LogP contribution in [0.15, 0.2) is 17.5 Å². The third kappa shape index (κ3) is 4.38. The molecule has 1 aromatic rings. The van der Waals surface area contributed by atoms with Crippen molar-refractivity contribution in [3.05, 3.63) is 22.4 Å². The lowest BCUT2D eigenvalue weighted by molar-refractivity contribution is 0.248. The minimum atomic E-state index is 0.653. The van der Waals surface area contributed by atoms with E-state index >= 15 is 0 Å². The summed E-state index contributed by atoms with van der Waals surface area (Å²) in [6.45, 7) is 4.80. The van der Waals surface area contributed by atoms with Crippen molar-refractivity contribution in [3.63, 3.8) is 0 Å². The first kappa shape index (κ1) is 14.0. The van der Waals surface area contributed by atoms with Gasteiger partial charge in [-0.15, -0.1) is 11.3 Å². The molecule has 1 aromatic heterocycles. The second kappa shape index (κ2) is 7.27. The highest BCUT2D eigenvalue weighted by Gasteiger charge is 2.15. The Bertz CT molecular complexity index is 317. The van der Waals surface area contributed by atoms with Crippen molar-refractivity contribution >= 4 is 11.3 Å². The van der Waals surface area contributed by atoms with Gasteiger partial charge in [0.05, 0.1) is 0 Å². The molecule has 3 heteroatoms. The van der Waals surface area contributed by atoms with Crippen LogP contribution in [0, 0.1) is 0 Å². The lowest BCUT2D eigenvalue weighted by Gasteiger charge is -2.24. The van der Waals surface area contributed by atoms with Gasteiger partial charge < -0.3 is 10.2 Å². The molecule has 0 radical (unpaired) electrons. The van der Waals surface area contributed by atoms with Crippen molar-refractivity contribution in [3.8, 4) is 0 Å². The summed E-state index contributed by atoms with van der Waals surface area (Å²) < 4.78 is 0. The quantitative estimate of drug-likeness (QED) is 0.815. The Balaban J connectivity index is 1.62. The van der Waals surface area contributed by atoms with Gasteiger partial charge in [-0.2, -0.15) is 0 Å². The van der Waals surface area contributed by atoms with Gasteiger partial charge in [0.1, 0.15) is 0 Å². The van der Waals surface area contributed by atoms with Gasteiger partial charge in [-0.25, -0.2) is 0 Å². The molecule has 2 unspecified atom stereocenters. The molecule has 2 nitrogen and oxygen atoms in total. The molecular weight excluding hydrogens is 240 g/mol. The number of nitrogens with zero attached hydrogens (tertiary/aromatic N) is 1. The monoisotopic (exact) mass is 266 g/mol. The smallest absolute Gasteiger partial charge is 0.0112 e. The van der Waals surface area contributed by atoms with Crippen LogP contribution in [-0.4, -0.2) is 37.1 Å². The van der Waals surface area contributed by atoms with Crippen molar-refractivity contribution < 1.29 is 0 Å². The van der Waals surface area contributed by atoms with Gasteiger partial charge in [0, 0.05) is 17.0 Å². The van der Waals surface area contributed by atoms with E-state index in [1.165, 1.54) is 50.1 Å². The van der Waals surface area contributed by atoms with Crippen LogP contribution in [0.25, 0.3) is 0 Å². The lowest BCUT2D eigenvalue weighted by atomic mass is 10.1. The number of rotatable bonds is 7. The Morgan fingerprint density at radius 2 is 2.44 bits per heavy atom. The second-order valence-corrected chi connectivity index (χ2v) is 6.58. The first-order valence-corrected chi connectivity index (χ1v) is 8.09. The molecule has 2 rings (SSSR count). The minimum Gasteiger partial charge on any atom is -0.314 e. The molecule has 1 fully saturated rings. The van der Waals surface area contributed by atoms with E-state index < -0.39 is 0 Å². The van der Waals surface area contributed by atoms with Gasteiger partial charge in [-0.05, 0) is 70.6 Å². The largest absolute Gasteiger partial charge is 0.314 e. The first-order valence-electron chi connectivity index (χ1n) is 7.21. The Hall–Kier alpha value is -0.380. The molecule has 18 heavy (non-hydrogen) atoms. The van der Waals surface area contributed by atoms with Gasteiger partial charge in [0.15, 0.2) is 0 Å². The van der Waals surface area contributed by atoms with Crippen LogP contribution in [-0.2, 0) is 6.42 Å². The van der Waals surface area contributed by atoms with Crippen LogP contribution >= 0.6 is 11.3 Å². The topological polar surface area (TPSA) is 15.3 Å². The number of thiophene rings is 1. The van der Waals surface area contributed by atoms with Crippen LogP contribution in [0.4, 0.5) is 0 Å². The minimum absolute atomic E-state index is 0.653. The summed E-state index contributed by atoms with van der Waals surface area (Å²) in [5.74, 6) is 0. The van der Waals surface area contributed by atoms with E-state index in [4.69, 9.17) is 0 Å². The van der Waals surface area contributed by atoms with Crippen LogP contribution in [0.1, 0.15) is 37.5 Å². The molecule has 0 amide bonds. The molecule has 2 heterocycles. The van der Waals surface area contributed by atoms with Crippen LogP contribution < -0.4 is 5.32 Å². The standard InChI is InChI=1S/C15H26N2S/c1-13(12-15-8-5-11-18-15)17(2)10-4-7-14-6-3-9-16-14/h5,8,11,13-14,16H,3-4,6-7,9-10,12H2,1-2H3. The molecule has 1 aliphatic rings. The molecule has 0 bridgehead atoms. The fourth-order valence-corrected chi connectivity index (χ4v) is 3.51. The molecule has 0 aromatic carbocycles. The zero-order valence-electron chi connectivity index (χ0n) is 11.7. The summed E-state index contributed by atoms with van der Waals surface area (Å²) in [5.41, 5.74) is 0. The first-order chi connectivity index (χ1) is 8.75. The summed E-state index contributed by atoms with van der Waals surface area (Å²) in [7, 11) is 2.26. The van der Waals surface area contributed by atoms with E-state index in [1.807, 2.05) is 11.3 Å². The van der Waals surface area contributed by atoms with Gasteiger partial charge >= 0.3 is 0 Å². The molecule has 0 aliphatic carbocycles. The maximum absolute atomic E-state index is 3.58. The highest BCUT2D eigenvalue weighted by Crippen LogP contribution is 2.15. The van der Waals surface area contributed by atoms with Gasteiger partial charge in [-0.3, -0.25) is 0 Å². The van der Waals surface area contributed by atoms with Crippen molar-refractivity contribution in [1.29, 1.82) is 0 Å². The Kier molecular flexibility index (Phi) is 5.67. The molecular formula is C15H26N2S. The highest BCUT2D eigenvalue weighted by molar-refractivity contribution is 7.09. The molecule has 102 valence electrons. The van der Waals surface area contributed by atoms with E-state index in [0.29, 0.717) is 6.04 Å². The predicted octanol–water partition coefficient (Wildman–Crippen LogP) is 3.14. The third-order valence-electron chi connectivity index (χ3n) is 4.05. The summed E-state index contributed by atoms with van der Waals surface area (Å²) >= 11 is 1.88. The van der Waals surface area contributed by atoms with Gasteiger partial charge in [0.25, 0.3) is 0 Å². The zero-order chi connectivity index (χ0) is 12.8. The van der Waals surface area contributed by atoms with E-state index in [-0.39, 0.29) is 0 Å². The third-order valence-corrected chi connectivity index (χ3v) is 4.95. The van der Waals surface area contributed by atoms with E-state index in [2.05, 4.69) is 41.7 Å². The predicted molar refractivity (Wildman–Crippen MR) is 80.4 cm³/mol. The van der Waals surface area contributed by atoms with Gasteiger partial charge in [0.2, 0.25) is 0 Å². The molecule has 1 aliphatic heterocycles. The fourth-order valence-electron chi connectivity index (χ4n) is 2.69. The second-order valence-electron chi connectivity index (χ2n) is 5.55. The van der Waals surface area contributed by atoms with Crippen molar-refractivity contribution in [2.45, 2.75) is 51.1 Å². The Labute approximate surface area is 115 Å². The average molecular weight is 266 g/mol. The SMILES string of the molecule is CC(Cc1cccs1)N(C)CCCC1CCCN1. The summed E-state index contributed by atoms with van der Waals surface area (Å²) in [4.78, 5) is 4.01. The number of hydrogen-bond acceptors (Lipinski definition) is 3. The molecule has 0 saturated carbocycles. The van der Waals surface area contributed by atoms with Crippen molar-refractivity contribution in [1.82, 2.24) is 10.2 Å². The normalized spacial score (nSPS) is 21.6. The van der Waals surface area contributed by atoms with E-state index in [0.717, 1.165) is 6.04 Å². The van der Waals surface area contributed by atoms with E-state index in [1.54, 1.807) is 0 Å². The van der Waals surface area contributed by atoms with Crippen LogP contribution in [0.3, 0.4) is 0 Å².